The molecule has 20 heavy (non-hydrogen) atoms. The second kappa shape index (κ2) is 5.75. The van der Waals surface area contributed by atoms with Crippen LogP contribution in [0.2, 0.25) is 0 Å². The zero-order valence-corrected chi connectivity index (χ0v) is 14.5. The highest BCUT2D eigenvalue weighted by Crippen LogP contribution is 2.29. The summed E-state index contributed by atoms with van der Waals surface area (Å²) in [5.41, 5.74) is 7.55. The number of anilines is 2. The first-order valence-corrected chi connectivity index (χ1v) is 8.70. The van der Waals surface area contributed by atoms with Crippen LogP contribution >= 0.6 is 31.9 Å². The average Bonchev–Trinajstić information content (AvgIpc) is 2.35. The molecule has 0 aliphatic rings. The van der Waals surface area contributed by atoms with Gasteiger partial charge < -0.3 is 5.73 Å². The van der Waals surface area contributed by atoms with E-state index in [0.29, 0.717) is 20.3 Å². The van der Waals surface area contributed by atoms with Crippen LogP contribution in [0.25, 0.3) is 0 Å². The Labute approximate surface area is 134 Å². The quantitative estimate of drug-likeness (QED) is 0.741. The second-order valence-electron chi connectivity index (χ2n) is 4.27. The van der Waals surface area contributed by atoms with Crippen LogP contribution in [-0.4, -0.2) is 8.42 Å². The van der Waals surface area contributed by atoms with Crippen LogP contribution < -0.4 is 10.5 Å². The lowest BCUT2D eigenvalue weighted by Crippen LogP contribution is -2.14. The molecule has 3 N–H and O–H groups in total. The Hall–Kier alpha value is -1.05. The summed E-state index contributed by atoms with van der Waals surface area (Å²) < 4.78 is 28.4. The highest BCUT2D eigenvalue weighted by molar-refractivity contribution is 9.11. The van der Waals surface area contributed by atoms with Crippen molar-refractivity contribution < 1.29 is 8.42 Å². The van der Waals surface area contributed by atoms with E-state index < -0.39 is 10.0 Å². The molecule has 7 heteroatoms. The number of nitrogens with one attached hydrogen (secondary N) is 1. The molecule has 4 nitrogen and oxygen atoms in total. The predicted molar refractivity (Wildman–Crippen MR) is 88.2 cm³/mol. The van der Waals surface area contributed by atoms with Crippen LogP contribution in [0.4, 0.5) is 11.4 Å². The van der Waals surface area contributed by atoms with E-state index in [0.717, 1.165) is 5.56 Å². The lowest BCUT2D eigenvalue weighted by atomic mass is 10.2. The molecule has 0 atom stereocenters. The fourth-order valence-corrected chi connectivity index (χ4v) is 4.25. The third-order valence-electron chi connectivity index (χ3n) is 2.63. The summed E-state index contributed by atoms with van der Waals surface area (Å²) >= 11 is 6.50. The Morgan fingerprint density at radius 3 is 2.45 bits per heavy atom. The van der Waals surface area contributed by atoms with Crippen molar-refractivity contribution in [3.63, 3.8) is 0 Å². The highest BCUT2D eigenvalue weighted by atomic mass is 79.9. The second-order valence-corrected chi connectivity index (χ2v) is 7.69. The molecule has 0 saturated heterocycles. The maximum absolute atomic E-state index is 12.4. The lowest BCUT2D eigenvalue weighted by molar-refractivity contribution is 0.600. The molecule has 0 heterocycles. The summed E-state index contributed by atoms with van der Waals surface area (Å²) in [6.07, 6.45) is 0. The third-order valence-corrected chi connectivity index (χ3v) is 5.49. The van der Waals surface area contributed by atoms with Gasteiger partial charge in [-0.2, -0.15) is 0 Å². The SMILES string of the molecule is Cc1ccc(NS(=O)(=O)c2cc(Br)ccc2Br)c(N)c1. The number of benzene rings is 2. The number of rotatable bonds is 3. The van der Waals surface area contributed by atoms with Gasteiger partial charge >= 0.3 is 0 Å². The smallest absolute Gasteiger partial charge is 0.263 e. The maximum atomic E-state index is 12.4. The summed E-state index contributed by atoms with van der Waals surface area (Å²) in [6.45, 7) is 1.89. The minimum Gasteiger partial charge on any atom is -0.397 e. The molecule has 2 aromatic rings. The van der Waals surface area contributed by atoms with Crippen LogP contribution in [0, 0.1) is 6.92 Å². The van der Waals surface area contributed by atoms with E-state index in [1.165, 1.54) is 6.07 Å². The zero-order chi connectivity index (χ0) is 14.9. The van der Waals surface area contributed by atoms with Crippen molar-refractivity contribution in [1.29, 1.82) is 0 Å². The van der Waals surface area contributed by atoms with E-state index in [-0.39, 0.29) is 4.90 Å². The number of nitrogens with two attached hydrogens (primary N) is 1. The summed E-state index contributed by atoms with van der Waals surface area (Å²) in [5.74, 6) is 0. The Kier molecular flexibility index (Phi) is 4.41. The van der Waals surface area contributed by atoms with Gasteiger partial charge in [0.25, 0.3) is 10.0 Å². The molecule has 0 aromatic heterocycles. The molecular weight excluding hydrogens is 408 g/mol. The average molecular weight is 420 g/mol. The Morgan fingerprint density at radius 1 is 1.10 bits per heavy atom. The highest BCUT2D eigenvalue weighted by Gasteiger charge is 2.19. The number of halogens is 2. The van der Waals surface area contributed by atoms with Crippen molar-refractivity contribution in [3.05, 3.63) is 50.9 Å². The molecular formula is C13H12Br2N2O2S. The molecule has 0 radical (unpaired) electrons. The normalized spacial score (nSPS) is 11.3. The Morgan fingerprint density at radius 2 is 1.80 bits per heavy atom. The van der Waals surface area contributed by atoms with E-state index in [1.54, 1.807) is 30.3 Å². The predicted octanol–water partition coefficient (Wildman–Crippen LogP) is 3.90. The van der Waals surface area contributed by atoms with Crippen molar-refractivity contribution in [2.45, 2.75) is 11.8 Å². The van der Waals surface area contributed by atoms with E-state index in [4.69, 9.17) is 5.73 Å². The monoisotopic (exact) mass is 418 g/mol. The first-order valence-electron chi connectivity index (χ1n) is 5.63. The number of sulfonamides is 1. The minimum atomic E-state index is -3.71. The standard InChI is InChI=1S/C13H12Br2N2O2S/c1-8-2-5-12(11(16)6-8)17-20(18,19)13-7-9(14)3-4-10(13)15/h2-7,17H,16H2,1H3. The van der Waals surface area contributed by atoms with E-state index >= 15 is 0 Å². The van der Waals surface area contributed by atoms with Crippen LogP contribution in [0.1, 0.15) is 5.56 Å². The van der Waals surface area contributed by atoms with Crippen LogP contribution in [0.5, 0.6) is 0 Å². The largest absolute Gasteiger partial charge is 0.397 e. The lowest BCUT2D eigenvalue weighted by Gasteiger charge is -2.12. The van der Waals surface area contributed by atoms with Crippen LogP contribution in [0.15, 0.2) is 50.2 Å². The summed E-state index contributed by atoms with van der Waals surface area (Å²) in [5, 5.41) is 0. The minimum absolute atomic E-state index is 0.145. The molecule has 0 aliphatic carbocycles. The van der Waals surface area contributed by atoms with Crippen LogP contribution in [0.3, 0.4) is 0 Å². The first-order chi connectivity index (χ1) is 9.29. The summed E-state index contributed by atoms with van der Waals surface area (Å²) in [7, 11) is -3.71. The fraction of sp³-hybridized carbons (Fsp3) is 0.0769. The molecule has 0 saturated carbocycles. The fourth-order valence-electron chi connectivity index (χ4n) is 1.66. The van der Waals surface area contributed by atoms with Crippen molar-refractivity contribution in [1.82, 2.24) is 0 Å². The summed E-state index contributed by atoms with van der Waals surface area (Å²) in [4.78, 5) is 0.145. The molecule has 0 spiro atoms. The Bertz CT molecular complexity index is 761. The molecule has 0 unspecified atom stereocenters. The van der Waals surface area contributed by atoms with E-state index in [2.05, 4.69) is 36.6 Å². The van der Waals surface area contributed by atoms with Gasteiger partial charge in [0.1, 0.15) is 4.90 Å². The van der Waals surface area contributed by atoms with Crippen LogP contribution in [-0.2, 0) is 10.0 Å². The molecule has 2 rings (SSSR count). The molecule has 0 aliphatic heterocycles. The van der Waals surface area contributed by atoms with Gasteiger partial charge in [0.05, 0.1) is 11.4 Å². The van der Waals surface area contributed by atoms with E-state index in [9.17, 15) is 8.42 Å². The van der Waals surface area contributed by atoms with Gasteiger partial charge in [-0.05, 0) is 58.7 Å². The van der Waals surface area contributed by atoms with Gasteiger partial charge in [-0.15, -0.1) is 0 Å². The van der Waals surface area contributed by atoms with Gasteiger partial charge in [-0.1, -0.05) is 22.0 Å². The first kappa shape index (κ1) is 15.3. The number of hydrogen-bond donors (Lipinski definition) is 2. The van der Waals surface area contributed by atoms with Gasteiger partial charge in [0.2, 0.25) is 0 Å². The van der Waals surface area contributed by atoms with Crippen molar-refractivity contribution >= 4 is 53.3 Å². The maximum Gasteiger partial charge on any atom is 0.263 e. The molecule has 0 bridgehead atoms. The van der Waals surface area contributed by atoms with Gasteiger partial charge in [-0.25, -0.2) is 8.42 Å². The van der Waals surface area contributed by atoms with Crippen molar-refractivity contribution in [2.24, 2.45) is 0 Å². The number of nitrogen functional groups attached to an aromatic ring is 1. The third kappa shape index (κ3) is 3.34. The molecule has 0 amide bonds. The zero-order valence-electron chi connectivity index (χ0n) is 10.5. The van der Waals surface area contributed by atoms with Crippen molar-refractivity contribution in [3.8, 4) is 0 Å². The molecule has 106 valence electrons. The Balaban J connectivity index is 2.43. The van der Waals surface area contributed by atoms with Crippen molar-refractivity contribution in [2.75, 3.05) is 10.5 Å². The van der Waals surface area contributed by atoms with E-state index in [1.807, 2.05) is 6.92 Å². The number of aryl methyl sites for hydroxylation is 1. The van der Waals surface area contributed by atoms with Gasteiger partial charge in [-0.3, -0.25) is 4.72 Å². The molecule has 0 fully saturated rings. The molecule has 2 aromatic carbocycles. The summed E-state index contributed by atoms with van der Waals surface area (Å²) in [6, 6.07) is 10.1. The van der Waals surface area contributed by atoms with Gasteiger partial charge in [0.15, 0.2) is 0 Å². The number of hydrogen-bond acceptors (Lipinski definition) is 3. The van der Waals surface area contributed by atoms with Gasteiger partial charge in [0, 0.05) is 8.95 Å². The topological polar surface area (TPSA) is 72.2 Å².